The first-order valence-corrected chi connectivity index (χ1v) is 8.31. The number of amides is 1. The van der Waals surface area contributed by atoms with Gasteiger partial charge in [-0.05, 0) is 37.1 Å². The Morgan fingerprint density at radius 2 is 2.16 bits per heavy atom. The van der Waals surface area contributed by atoms with Gasteiger partial charge in [0.15, 0.2) is 0 Å². The van der Waals surface area contributed by atoms with Crippen LogP contribution in [0.3, 0.4) is 0 Å². The predicted molar refractivity (Wildman–Crippen MR) is 95.5 cm³/mol. The maximum Gasteiger partial charge on any atom is 0.247 e. The number of hydrogen-bond donors (Lipinski definition) is 0. The molecule has 0 spiro atoms. The third-order valence-electron chi connectivity index (χ3n) is 4.47. The van der Waals surface area contributed by atoms with Crippen molar-refractivity contribution in [2.45, 2.75) is 18.9 Å². The highest BCUT2D eigenvalue weighted by Gasteiger charge is 2.31. The van der Waals surface area contributed by atoms with Crippen LogP contribution >= 0.6 is 0 Å². The molecule has 6 nitrogen and oxygen atoms in total. The molecule has 1 aromatic heterocycles. The van der Waals surface area contributed by atoms with Gasteiger partial charge in [0.05, 0.1) is 26.5 Å². The van der Waals surface area contributed by atoms with E-state index in [0.717, 1.165) is 42.0 Å². The maximum atomic E-state index is 12.7. The quantitative estimate of drug-likeness (QED) is 0.785. The van der Waals surface area contributed by atoms with Gasteiger partial charge < -0.3 is 14.4 Å². The van der Waals surface area contributed by atoms with Crippen molar-refractivity contribution < 1.29 is 14.3 Å². The van der Waals surface area contributed by atoms with Gasteiger partial charge in [-0.25, -0.2) is 0 Å². The van der Waals surface area contributed by atoms with E-state index < -0.39 is 0 Å². The summed E-state index contributed by atoms with van der Waals surface area (Å²) in [5.74, 6) is 1.54. The van der Waals surface area contributed by atoms with Crippen LogP contribution < -0.4 is 9.47 Å². The monoisotopic (exact) mass is 341 g/mol. The van der Waals surface area contributed by atoms with Crippen LogP contribution in [0.4, 0.5) is 0 Å². The van der Waals surface area contributed by atoms with Crippen LogP contribution in [0, 0.1) is 0 Å². The van der Waals surface area contributed by atoms with Gasteiger partial charge in [-0.2, -0.15) is 5.10 Å². The maximum absolute atomic E-state index is 12.7. The van der Waals surface area contributed by atoms with Crippen LogP contribution in [0.2, 0.25) is 0 Å². The summed E-state index contributed by atoms with van der Waals surface area (Å²) in [7, 11) is 5.14. The van der Waals surface area contributed by atoms with Gasteiger partial charge in [0, 0.05) is 37.0 Å². The van der Waals surface area contributed by atoms with Crippen molar-refractivity contribution in [2.24, 2.45) is 7.05 Å². The number of ether oxygens (including phenoxy) is 2. The van der Waals surface area contributed by atoms with Crippen molar-refractivity contribution in [1.29, 1.82) is 0 Å². The molecule has 0 radical (unpaired) electrons. The molecule has 0 saturated carbocycles. The molecule has 0 N–H and O–H groups in total. The zero-order chi connectivity index (χ0) is 17.8. The van der Waals surface area contributed by atoms with Crippen LogP contribution in [-0.2, 0) is 11.8 Å². The lowest BCUT2D eigenvalue weighted by Crippen LogP contribution is -2.29. The number of nitrogens with zero attached hydrogens (tertiary/aromatic N) is 3. The standard InChI is InChI=1S/C19H23N3O3/c1-21-13-14(12-20-21)6-9-19(23)22-10-4-5-17(22)16-11-15(24-2)7-8-18(16)25-3/h6-9,11-13,17H,4-5,10H2,1-3H3/b9-6+/t17-/m0/s1. The molecule has 25 heavy (non-hydrogen) atoms. The lowest BCUT2D eigenvalue weighted by atomic mass is 10.0. The van der Waals surface area contributed by atoms with E-state index in [1.54, 1.807) is 37.3 Å². The Hall–Kier alpha value is -2.76. The van der Waals surface area contributed by atoms with E-state index in [0.29, 0.717) is 0 Å². The lowest BCUT2D eigenvalue weighted by molar-refractivity contribution is -0.126. The topological polar surface area (TPSA) is 56.6 Å². The number of rotatable bonds is 5. The number of hydrogen-bond acceptors (Lipinski definition) is 4. The molecule has 0 bridgehead atoms. The minimum atomic E-state index is -0.00361. The fourth-order valence-electron chi connectivity index (χ4n) is 3.24. The Bertz CT molecular complexity index is 782. The first-order chi connectivity index (χ1) is 12.1. The molecule has 1 aromatic carbocycles. The first-order valence-electron chi connectivity index (χ1n) is 8.31. The van der Waals surface area contributed by atoms with Crippen LogP contribution in [0.25, 0.3) is 6.08 Å². The Kier molecular flexibility index (Phi) is 5.07. The van der Waals surface area contributed by atoms with Crippen molar-refractivity contribution in [2.75, 3.05) is 20.8 Å². The second-order valence-corrected chi connectivity index (χ2v) is 6.08. The lowest BCUT2D eigenvalue weighted by Gasteiger charge is -2.25. The number of benzene rings is 1. The van der Waals surface area contributed by atoms with E-state index in [4.69, 9.17) is 9.47 Å². The summed E-state index contributed by atoms with van der Waals surface area (Å²) in [5.41, 5.74) is 1.90. The summed E-state index contributed by atoms with van der Waals surface area (Å²) in [5, 5.41) is 4.11. The van der Waals surface area contributed by atoms with Crippen molar-refractivity contribution in [3.05, 3.63) is 47.8 Å². The normalized spacial score (nSPS) is 17.2. The number of carbonyl (C=O) groups excluding carboxylic acids is 1. The Morgan fingerprint density at radius 1 is 1.32 bits per heavy atom. The summed E-state index contributed by atoms with van der Waals surface area (Å²) in [6.07, 6.45) is 8.90. The Labute approximate surface area is 147 Å². The molecule has 1 aliphatic heterocycles. The molecule has 1 aliphatic rings. The van der Waals surface area contributed by atoms with E-state index in [2.05, 4.69) is 5.10 Å². The van der Waals surface area contributed by atoms with Crippen LogP contribution in [0.1, 0.15) is 30.0 Å². The largest absolute Gasteiger partial charge is 0.497 e. The molecule has 2 heterocycles. The predicted octanol–water partition coefficient (Wildman–Crippen LogP) is 2.81. The number of likely N-dealkylation sites (tertiary alicyclic amines) is 1. The van der Waals surface area contributed by atoms with Gasteiger partial charge in [0.2, 0.25) is 5.91 Å². The van der Waals surface area contributed by atoms with Gasteiger partial charge in [0.1, 0.15) is 11.5 Å². The van der Waals surface area contributed by atoms with Gasteiger partial charge in [0.25, 0.3) is 0 Å². The van der Waals surface area contributed by atoms with Gasteiger partial charge in [-0.15, -0.1) is 0 Å². The molecule has 2 aromatic rings. The van der Waals surface area contributed by atoms with E-state index >= 15 is 0 Å². The number of aromatic nitrogens is 2. The molecule has 6 heteroatoms. The highest BCUT2D eigenvalue weighted by molar-refractivity contribution is 5.92. The highest BCUT2D eigenvalue weighted by Crippen LogP contribution is 2.39. The molecule has 0 aliphatic carbocycles. The van der Waals surface area contributed by atoms with Crippen molar-refractivity contribution in [3.63, 3.8) is 0 Å². The van der Waals surface area contributed by atoms with Gasteiger partial charge in [-0.3, -0.25) is 9.48 Å². The summed E-state index contributed by atoms with van der Waals surface area (Å²) in [6.45, 7) is 0.737. The summed E-state index contributed by atoms with van der Waals surface area (Å²) < 4.78 is 12.5. The summed E-state index contributed by atoms with van der Waals surface area (Å²) in [4.78, 5) is 14.6. The Morgan fingerprint density at radius 3 is 2.84 bits per heavy atom. The van der Waals surface area contributed by atoms with Crippen LogP contribution in [0.15, 0.2) is 36.7 Å². The molecular weight excluding hydrogens is 318 g/mol. The molecule has 1 fully saturated rings. The van der Waals surface area contributed by atoms with Crippen LogP contribution in [-0.4, -0.2) is 41.4 Å². The molecule has 132 valence electrons. The van der Waals surface area contributed by atoms with E-state index in [9.17, 15) is 4.79 Å². The third-order valence-corrected chi connectivity index (χ3v) is 4.47. The number of aryl methyl sites for hydroxylation is 1. The molecule has 3 rings (SSSR count). The minimum absolute atomic E-state index is 0.00349. The molecule has 1 amide bonds. The molecule has 0 unspecified atom stereocenters. The SMILES string of the molecule is COc1ccc(OC)c([C@@H]2CCCN2C(=O)/C=C/c2cnn(C)c2)c1. The second-order valence-electron chi connectivity index (χ2n) is 6.08. The van der Waals surface area contributed by atoms with Crippen LogP contribution in [0.5, 0.6) is 11.5 Å². The molecule has 1 saturated heterocycles. The average Bonchev–Trinajstić information content (AvgIpc) is 3.28. The average molecular weight is 341 g/mol. The minimum Gasteiger partial charge on any atom is -0.497 e. The fourth-order valence-corrected chi connectivity index (χ4v) is 3.24. The number of methoxy groups -OCH3 is 2. The molecular formula is C19H23N3O3. The summed E-state index contributed by atoms with van der Waals surface area (Å²) in [6, 6.07) is 5.71. The second kappa shape index (κ2) is 7.42. The summed E-state index contributed by atoms with van der Waals surface area (Å²) >= 11 is 0. The van der Waals surface area contributed by atoms with Crippen molar-refractivity contribution in [3.8, 4) is 11.5 Å². The number of carbonyl (C=O) groups is 1. The fraction of sp³-hybridized carbons (Fsp3) is 0.368. The molecule has 1 atom stereocenters. The van der Waals surface area contributed by atoms with E-state index in [1.165, 1.54) is 0 Å². The van der Waals surface area contributed by atoms with Gasteiger partial charge >= 0.3 is 0 Å². The van der Waals surface area contributed by atoms with E-state index in [1.807, 2.05) is 36.3 Å². The smallest absolute Gasteiger partial charge is 0.247 e. The van der Waals surface area contributed by atoms with Crippen molar-refractivity contribution in [1.82, 2.24) is 14.7 Å². The third kappa shape index (κ3) is 3.68. The van der Waals surface area contributed by atoms with Crippen molar-refractivity contribution >= 4 is 12.0 Å². The Balaban J connectivity index is 1.82. The highest BCUT2D eigenvalue weighted by atomic mass is 16.5. The zero-order valence-corrected chi connectivity index (χ0v) is 14.8. The van der Waals surface area contributed by atoms with Gasteiger partial charge in [-0.1, -0.05) is 0 Å². The first kappa shape index (κ1) is 17.1. The van der Waals surface area contributed by atoms with E-state index in [-0.39, 0.29) is 11.9 Å². The zero-order valence-electron chi connectivity index (χ0n) is 14.8.